The second kappa shape index (κ2) is 4.07. The summed E-state index contributed by atoms with van der Waals surface area (Å²) >= 11 is 0. The van der Waals surface area contributed by atoms with E-state index in [4.69, 9.17) is 4.42 Å². The van der Waals surface area contributed by atoms with Crippen LogP contribution in [0.25, 0.3) is 11.0 Å². The Morgan fingerprint density at radius 1 is 1.50 bits per heavy atom. The molecule has 0 aliphatic heterocycles. The molecular formula is C11H12N2O. The zero-order valence-electron chi connectivity index (χ0n) is 7.86. The molecule has 2 rings (SSSR count). The van der Waals surface area contributed by atoms with Crippen LogP contribution in [0.3, 0.4) is 0 Å². The lowest BCUT2D eigenvalue weighted by molar-refractivity contribution is 0.615. The molecule has 0 aromatic carbocycles. The Bertz CT molecular complexity index is 434. The average Bonchev–Trinajstić information content (AvgIpc) is 2.67. The number of pyridine rings is 1. The van der Waals surface area contributed by atoms with E-state index in [0.29, 0.717) is 0 Å². The predicted molar refractivity (Wildman–Crippen MR) is 55.9 cm³/mol. The highest BCUT2D eigenvalue weighted by Crippen LogP contribution is 2.17. The van der Waals surface area contributed by atoms with Crippen LogP contribution in [0.4, 0.5) is 0 Å². The number of hydrogen-bond acceptors (Lipinski definition) is 3. The standard InChI is InChI=1S/C11H12N2O/c1-2-5-12-8-10-9-4-7-14-11(9)3-6-13-10/h2-4,6-7,12H,1,5,8H2. The molecule has 0 amide bonds. The van der Waals surface area contributed by atoms with Crippen LogP contribution in [0.2, 0.25) is 0 Å². The summed E-state index contributed by atoms with van der Waals surface area (Å²) in [5.74, 6) is 0. The summed E-state index contributed by atoms with van der Waals surface area (Å²) in [6, 6.07) is 3.81. The molecule has 0 radical (unpaired) electrons. The monoisotopic (exact) mass is 188 g/mol. The minimum atomic E-state index is 0.739. The Labute approximate surface area is 82.4 Å². The van der Waals surface area contributed by atoms with Crippen molar-refractivity contribution >= 4 is 11.0 Å². The van der Waals surface area contributed by atoms with Gasteiger partial charge in [-0.05, 0) is 12.1 Å². The van der Waals surface area contributed by atoms with Crippen molar-refractivity contribution in [3.05, 3.63) is 42.9 Å². The smallest absolute Gasteiger partial charge is 0.137 e. The summed E-state index contributed by atoms with van der Waals surface area (Å²) in [6.45, 7) is 5.17. The first-order chi connectivity index (χ1) is 6.92. The molecule has 0 unspecified atom stereocenters. The van der Waals surface area contributed by atoms with Crippen LogP contribution in [0.5, 0.6) is 0 Å². The molecule has 1 N–H and O–H groups in total. The number of furan rings is 1. The molecule has 0 spiro atoms. The molecule has 14 heavy (non-hydrogen) atoms. The lowest BCUT2D eigenvalue weighted by atomic mass is 10.2. The van der Waals surface area contributed by atoms with E-state index >= 15 is 0 Å². The van der Waals surface area contributed by atoms with Gasteiger partial charge in [-0.15, -0.1) is 6.58 Å². The first kappa shape index (κ1) is 8.97. The molecular weight excluding hydrogens is 176 g/mol. The van der Waals surface area contributed by atoms with Gasteiger partial charge in [-0.25, -0.2) is 0 Å². The predicted octanol–water partition coefficient (Wildman–Crippen LogP) is 2.10. The highest BCUT2D eigenvalue weighted by atomic mass is 16.3. The van der Waals surface area contributed by atoms with Gasteiger partial charge in [0.2, 0.25) is 0 Å². The van der Waals surface area contributed by atoms with Gasteiger partial charge in [0, 0.05) is 24.7 Å². The van der Waals surface area contributed by atoms with Crippen LogP contribution in [0.1, 0.15) is 5.69 Å². The zero-order valence-corrected chi connectivity index (χ0v) is 7.86. The Balaban J connectivity index is 2.23. The van der Waals surface area contributed by atoms with Crippen LogP contribution in [0, 0.1) is 0 Å². The fourth-order valence-corrected chi connectivity index (χ4v) is 1.39. The third kappa shape index (κ3) is 1.67. The van der Waals surface area contributed by atoms with Gasteiger partial charge in [0.25, 0.3) is 0 Å². The van der Waals surface area contributed by atoms with E-state index < -0.39 is 0 Å². The van der Waals surface area contributed by atoms with Crippen LogP contribution in [-0.2, 0) is 6.54 Å². The number of nitrogens with one attached hydrogen (secondary N) is 1. The van der Waals surface area contributed by atoms with Crippen molar-refractivity contribution in [2.24, 2.45) is 0 Å². The van der Waals surface area contributed by atoms with Crippen molar-refractivity contribution in [1.29, 1.82) is 0 Å². The van der Waals surface area contributed by atoms with Crippen molar-refractivity contribution in [3.63, 3.8) is 0 Å². The van der Waals surface area contributed by atoms with Gasteiger partial charge >= 0.3 is 0 Å². The summed E-state index contributed by atoms with van der Waals surface area (Å²) in [5, 5.41) is 4.28. The van der Waals surface area contributed by atoms with E-state index in [9.17, 15) is 0 Å². The lowest BCUT2D eigenvalue weighted by Crippen LogP contribution is -2.13. The molecule has 2 heterocycles. The van der Waals surface area contributed by atoms with E-state index in [1.807, 2.05) is 18.2 Å². The number of rotatable bonds is 4. The van der Waals surface area contributed by atoms with Crippen molar-refractivity contribution < 1.29 is 4.42 Å². The van der Waals surface area contributed by atoms with E-state index in [0.717, 1.165) is 29.8 Å². The Kier molecular flexibility index (Phi) is 2.60. The second-order valence-electron chi connectivity index (χ2n) is 3.01. The Morgan fingerprint density at radius 3 is 3.29 bits per heavy atom. The fourth-order valence-electron chi connectivity index (χ4n) is 1.39. The maximum absolute atomic E-state index is 5.28. The zero-order chi connectivity index (χ0) is 9.80. The molecule has 3 nitrogen and oxygen atoms in total. The van der Waals surface area contributed by atoms with Gasteiger partial charge in [-0.2, -0.15) is 0 Å². The molecule has 0 aliphatic rings. The first-order valence-electron chi connectivity index (χ1n) is 4.54. The quantitative estimate of drug-likeness (QED) is 0.589. The van der Waals surface area contributed by atoms with E-state index in [1.54, 1.807) is 12.5 Å². The highest BCUT2D eigenvalue weighted by molar-refractivity contribution is 5.79. The summed E-state index contributed by atoms with van der Waals surface area (Å²) in [5.41, 5.74) is 1.90. The molecule has 0 fully saturated rings. The van der Waals surface area contributed by atoms with Gasteiger partial charge in [0.1, 0.15) is 5.58 Å². The third-order valence-corrected chi connectivity index (χ3v) is 2.04. The van der Waals surface area contributed by atoms with Gasteiger partial charge in [0.05, 0.1) is 12.0 Å². The SMILES string of the molecule is C=CCNCc1nccc2occc12. The maximum atomic E-state index is 5.28. The van der Waals surface area contributed by atoms with E-state index in [2.05, 4.69) is 16.9 Å². The fraction of sp³-hybridized carbons (Fsp3) is 0.182. The van der Waals surface area contributed by atoms with Crippen molar-refractivity contribution in [3.8, 4) is 0 Å². The highest BCUT2D eigenvalue weighted by Gasteiger charge is 2.02. The van der Waals surface area contributed by atoms with Gasteiger partial charge in [0.15, 0.2) is 0 Å². The third-order valence-electron chi connectivity index (χ3n) is 2.04. The number of nitrogens with zero attached hydrogens (tertiary/aromatic N) is 1. The molecule has 2 aromatic heterocycles. The van der Waals surface area contributed by atoms with E-state index in [1.165, 1.54) is 0 Å². The van der Waals surface area contributed by atoms with Gasteiger partial charge < -0.3 is 9.73 Å². The van der Waals surface area contributed by atoms with Crippen molar-refractivity contribution in [2.45, 2.75) is 6.54 Å². The number of fused-ring (bicyclic) bond motifs is 1. The van der Waals surface area contributed by atoms with Crippen molar-refractivity contribution in [2.75, 3.05) is 6.54 Å². The summed E-state index contributed by atoms with van der Waals surface area (Å²) in [6.07, 6.45) is 5.27. The second-order valence-corrected chi connectivity index (χ2v) is 3.01. The van der Waals surface area contributed by atoms with Crippen LogP contribution in [0.15, 0.2) is 41.7 Å². The largest absolute Gasteiger partial charge is 0.464 e. The molecule has 0 bridgehead atoms. The molecule has 0 saturated carbocycles. The summed E-state index contributed by atoms with van der Waals surface area (Å²) in [4.78, 5) is 4.29. The number of hydrogen-bond donors (Lipinski definition) is 1. The maximum Gasteiger partial charge on any atom is 0.137 e. The molecule has 0 saturated heterocycles. The van der Waals surface area contributed by atoms with E-state index in [-0.39, 0.29) is 0 Å². The van der Waals surface area contributed by atoms with Crippen LogP contribution >= 0.6 is 0 Å². The van der Waals surface area contributed by atoms with Gasteiger partial charge in [-0.1, -0.05) is 6.08 Å². The van der Waals surface area contributed by atoms with Crippen LogP contribution in [-0.4, -0.2) is 11.5 Å². The molecule has 2 aromatic rings. The topological polar surface area (TPSA) is 38.1 Å². The minimum absolute atomic E-state index is 0.739. The molecule has 72 valence electrons. The van der Waals surface area contributed by atoms with Crippen molar-refractivity contribution in [1.82, 2.24) is 10.3 Å². The summed E-state index contributed by atoms with van der Waals surface area (Å²) in [7, 11) is 0. The molecule has 0 atom stereocenters. The first-order valence-corrected chi connectivity index (χ1v) is 4.54. The number of aromatic nitrogens is 1. The summed E-state index contributed by atoms with van der Waals surface area (Å²) < 4.78 is 5.28. The van der Waals surface area contributed by atoms with Crippen LogP contribution < -0.4 is 5.32 Å². The molecule has 0 aliphatic carbocycles. The average molecular weight is 188 g/mol. The Hall–Kier alpha value is -1.61. The minimum Gasteiger partial charge on any atom is -0.464 e. The van der Waals surface area contributed by atoms with Gasteiger partial charge in [-0.3, -0.25) is 4.98 Å². The molecule has 3 heteroatoms. The normalized spacial score (nSPS) is 10.6. The lowest BCUT2D eigenvalue weighted by Gasteiger charge is -2.01. The Morgan fingerprint density at radius 2 is 2.43 bits per heavy atom.